The van der Waals surface area contributed by atoms with Crippen LogP contribution in [0.2, 0.25) is 0 Å². The van der Waals surface area contributed by atoms with Gasteiger partial charge in [-0.3, -0.25) is 0 Å². The number of hydrogen-bond donors (Lipinski definition) is 1. The molecule has 0 atom stereocenters. The van der Waals surface area contributed by atoms with Crippen LogP contribution in [0, 0.1) is 13.8 Å². The molecule has 2 aromatic rings. The quantitative estimate of drug-likeness (QED) is 0.764. The summed E-state index contributed by atoms with van der Waals surface area (Å²) in [6, 6.07) is 12.9. The van der Waals surface area contributed by atoms with E-state index in [1.54, 1.807) is 0 Å². The van der Waals surface area contributed by atoms with Gasteiger partial charge in [-0.2, -0.15) is 0 Å². The van der Waals surface area contributed by atoms with Gasteiger partial charge < -0.3 is 5.73 Å². The highest BCUT2D eigenvalue weighted by Gasteiger charge is 2.03. The maximum absolute atomic E-state index is 5.93. The molecule has 88 valence electrons. The van der Waals surface area contributed by atoms with Gasteiger partial charge in [0, 0.05) is 5.69 Å². The Morgan fingerprint density at radius 1 is 0.882 bits per heavy atom. The Hall–Kier alpha value is -1.76. The van der Waals surface area contributed by atoms with Gasteiger partial charge in [0.25, 0.3) is 0 Å². The molecule has 0 aliphatic heterocycles. The minimum Gasteiger partial charge on any atom is -0.399 e. The van der Waals surface area contributed by atoms with Gasteiger partial charge >= 0.3 is 0 Å². The zero-order valence-corrected chi connectivity index (χ0v) is 10.7. The summed E-state index contributed by atoms with van der Waals surface area (Å²) in [5.74, 6) is 0. The number of benzene rings is 2. The monoisotopic (exact) mass is 225 g/mol. The Bertz CT molecular complexity index is 541. The number of nitrogens with two attached hydrogens (primary N) is 1. The van der Waals surface area contributed by atoms with Gasteiger partial charge in [-0.1, -0.05) is 31.2 Å². The van der Waals surface area contributed by atoms with Crippen molar-refractivity contribution in [2.45, 2.75) is 27.2 Å². The average molecular weight is 225 g/mol. The SMILES string of the molecule is CCc1cc(-c2ccc(C)c(C)c2)ccc1N. The van der Waals surface area contributed by atoms with Crippen molar-refractivity contribution in [3.8, 4) is 11.1 Å². The third kappa shape index (κ3) is 2.33. The number of rotatable bonds is 2. The Morgan fingerprint density at radius 2 is 1.53 bits per heavy atom. The van der Waals surface area contributed by atoms with Crippen molar-refractivity contribution in [3.05, 3.63) is 53.1 Å². The molecule has 1 heteroatoms. The van der Waals surface area contributed by atoms with Crippen LogP contribution in [-0.2, 0) is 6.42 Å². The molecule has 2 N–H and O–H groups in total. The number of nitrogen functional groups attached to an aromatic ring is 1. The second-order valence-electron chi connectivity index (χ2n) is 4.57. The molecular formula is C16H19N. The molecule has 1 nitrogen and oxygen atoms in total. The molecule has 0 fully saturated rings. The fourth-order valence-corrected chi connectivity index (χ4v) is 2.01. The van der Waals surface area contributed by atoms with E-state index in [4.69, 9.17) is 5.73 Å². The van der Waals surface area contributed by atoms with Gasteiger partial charge in [-0.25, -0.2) is 0 Å². The van der Waals surface area contributed by atoms with E-state index >= 15 is 0 Å². The van der Waals surface area contributed by atoms with Gasteiger partial charge in [0.2, 0.25) is 0 Å². The van der Waals surface area contributed by atoms with Gasteiger partial charge in [0.05, 0.1) is 0 Å². The Morgan fingerprint density at radius 3 is 2.18 bits per heavy atom. The van der Waals surface area contributed by atoms with Crippen molar-refractivity contribution in [2.75, 3.05) is 5.73 Å². The van der Waals surface area contributed by atoms with Crippen molar-refractivity contribution in [2.24, 2.45) is 0 Å². The molecule has 0 saturated heterocycles. The minimum atomic E-state index is 0.889. The lowest BCUT2D eigenvalue weighted by atomic mass is 9.98. The predicted molar refractivity (Wildman–Crippen MR) is 75.1 cm³/mol. The Balaban J connectivity index is 2.49. The van der Waals surface area contributed by atoms with Crippen LogP contribution in [0.25, 0.3) is 11.1 Å². The topological polar surface area (TPSA) is 26.0 Å². The van der Waals surface area contributed by atoms with Crippen LogP contribution < -0.4 is 5.73 Å². The molecule has 2 rings (SSSR count). The molecule has 0 amide bonds. The van der Waals surface area contributed by atoms with Gasteiger partial charge in [-0.05, 0) is 60.2 Å². The van der Waals surface area contributed by atoms with E-state index < -0.39 is 0 Å². The highest BCUT2D eigenvalue weighted by Crippen LogP contribution is 2.25. The van der Waals surface area contributed by atoms with E-state index in [0.717, 1.165) is 12.1 Å². The highest BCUT2D eigenvalue weighted by molar-refractivity contribution is 5.68. The molecule has 0 spiro atoms. The second kappa shape index (κ2) is 4.62. The Kier molecular flexibility index (Phi) is 3.19. The van der Waals surface area contributed by atoms with Crippen LogP contribution >= 0.6 is 0 Å². The first-order valence-corrected chi connectivity index (χ1v) is 6.08. The zero-order chi connectivity index (χ0) is 12.4. The number of aryl methyl sites for hydroxylation is 3. The predicted octanol–water partition coefficient (Wildman–Crippen LogP) is 4.12. The van der Waals surface area contributed by atoms with E-state index in [9.17, 15) is 0 Å². The molecule has 0 saturated carbocycles. The number of anilines is 1. The van der Waals surface area contributed by atoms with Crippen molar-refractivity contribution in [1.82, 2.24) is 0 Å². The molecule has 0 bridgehead atoms. The van der Waals surface area contributed by atoms with Crippen molar-refractivity contribution >= 4 is 5.69 Å². The van der Waals surface area contributed by atoms with E-state index in [1.165, 1.54) is 27.8 Å². The van der Waals surface area contributed by atoms with Crippen LogP contribution in [0.4, 0.5) is 5.69 Å². The number of hydrogen-bond acceptors (Lipinski definition) is 1. The highest BCUT2D eigenvalue weighted by atomic mass is 14.6. The summed E-state index contributed by atoms with van der Waals surface area (Å²) in [6.45, 7) is 6.42. The van der Waals surface area contributed by atoms with Crippen molar-refractivity contribution in [1.29, 1.82) is 0 Å². The first kappa shape index (κ1) is 11.7. The summed E-state index contributed by atoms with van der Waals surface area (Å²) < 4.78 is 0. The largest absolute Gasteiger partial charge is 0.399 e. The summed E-state index contributed by atoms with van der Waals surface area (Å²) in [5, 5.41) is 0. The van der Waals surface area contributed by atoms with E-state index in [0.29, 0.717) is 0 Å². The summed E-state index contributed by atoms with van der Waals surface area (Å²) in [5.41, 5.74) is 13.2. The molecule has 0 unspecified atom stereocenters. The van der Waals surface area contributed by atoms with E-state index in [-0.39, 0.29) is 0 Å². The molecule has 0 aromatic heterocycles. The lowest BCUT2D eigenvalue weighted by Crippen LogP contribution is -1.93. The fourth-order valence-electron chi connectivity index (χ4n) is 2.01. The molecule has 0 aliphatic rings. The molecule has 2 aromatic carbocycles. The smallest absolute Gasteiger partial charge is 0.0346 e. The van der Waals surface area contributed by atoms with Gasteiger partial charge in [-0.15, -0.1) is 0 Å². The third-order valence-electron chi connectivity index (χ3n) is 3.36. The average Bonchev–Trinajstić information content (AvgIpc) is 2.33. The minimum absolute atomic E-state index is 0.889. The summed E-state index contributed by atoms with van der Waals surface area (Å²) >= 11 is 0. The van der Waals surface area contributed by atoms with Gasteiger partial charge in [0.1, 0.15) is 0 Å². The lowest BCUT2D eigenvalue weighted by molar-refractivity contribution is 1.14. The first-order chi connectivity index (χ1) is 8.11. The fraction of sp³-hybridized carbons (Fsp3) is 0.250. The van der Waals surface area contributed by atoms with E-state index in [1.807, 2.05) is 6.07 Å². The molecular weight excluding hydrogens is 206 g/mol. The summed E-state index contributed by atoms with van der Waals surface area (Å²) in [7, 11) is 0. The normalized spacial score (nSPS) is 10.5. The third-order valence-corrected chi connectivity index (χ3v) is 3.36. The van der Waals surface area contributed by atoms with Crippen LogP contribution in [0.1, 0.15) is 23.6 Å². The van der Waals surface area contributed by atoms with Crippen LogP contribution in [0.5, 0.6) is 0 Å². The van der Waals surface area contributed by atoms with Crippen molar-refractivity contribution < 1.29 is 0 Å². The standard InChI is InChI=1S/C16H19N/c1-4-13-10-15(7-8-16(13)17)14-6-5-11(2)12(3)9-14/h5-10H,4,17H2,1-3H3. The Labute approximate surface area is 103 Å². The first-order valence-electron chi connectivity index (χ1n) is 6.08. The maximum atomic E-state index is 5.93. The van der Waals surface area contributed by atoms with Crippen LogP contribution in [-0.4, -0.2) is 0 Å². The summed E-state index contributed by atoms with van der Waals surface area (Å²) in [4.78, 5) is 0. The van der Waals surface area contributed by atoms with Crippen LogP contribution in [0.3, 0.4) is 0 Å². The molecule has 0 heterocycles. The molecule has 17 heavy (non-hydrogen) atoms. The van der Waals surface area contributed by atoms with Crippen LogP contribution in [0.15, 0.2) is 36.4 Å². The molecule has 0 radical (unpaired) electrons. The van der Waals surface area contributed by atoms with Crippen molar-refractivity contribution in [3.63, 3.8) is 0 Å². The van der Waals surface area contributed by atoms with Gasteiger partial charge in [0.15, 0.2) is 0 Å². The maximum Gasteiger partial charge on any atom is 0.0346 e. The summed E-state index contributed by atoms with van der Waals surface area (Å²) in [6.07, 6.45) is 0.977. The zero-order valence-electron chi connectivity index (χ0n) is 10.7. The second-order valence-corrected chi connectivity index (χ2v) is 4.57. The van der Waals surface area contributed by atoms with E-state index in [2.05, 4.69) is 51.1 Å². The molecule has 0 aliphatic carbocycles. The lowest BCUT2D eigenvalue weighted by Gasteiger charge is -2.09.